The minimum atomic E-state index is -1.38. The molecule has 20 heavy (non-hydrogen) atoms. The average Bonchev–Trinajstić information content (AvgIpc) is 2.42. The normalized spacial score (nSPS) is 12.8. The van der Waals surface area contributed by atoms with E-state index in [0.29, 0.717) is 11.3 Å². The summed E-state index contributed by atoms with van der Waals surface area (Å²) in [7, 11) is 0. The molecule has 3 N–H and O–H groups in total. The number of nitrogens with zero attached hydrogens (tertiary/aromatic N) is 1. The summed E-state index contributed by atoms with van der Waals surface area (Å²) >= 11 is 0. The molecule has 106 valence electrons. The van der Waals surface area contributed by atoms with Crippen LogP contribution in [0.5, 0.6) is 5.75 Å². The van der Waals surface area contributed by atoms with Crippen molar-refractivity contribution < 1.29 is 24.5 Å². The van der Waals surface area contributed by atoms with Crippen LogP contribution in [0.25, 0.3) is 0 Å². The zero-order valence-electron chi connectivity index (χ0n) is 10.7. The third kappa shape index (κ3) is 4.59. The topological polar surface area (TPSA) is 120 Å². The molecule has 0 radical (unpaired) electrons. The van der Waals surface area contributed by atoms with E-state index in [9.17, 15) is 14.7 Å². The van der Waals surface area contributed by atoms with Crippen LogP contribution in [-0.4, -0.2) is 40.8 Å². The van der Waals surface area contributed by atoms with E-state index in [1.807, 2.05) is 6.07 Å². The van der Waals surface area contributed by atoms with Crippen LogP contribution in [0, 0.1) is 11.3 Å². The highest BCUT2D eigenvalue weighted by Gasteiger charge is 2.24. The maximum Gasteiger partial charge on any atom is 0.328 e. The fourth-order valence-corrected chi connectivity index (χ4v) is 1.38. The van der Waals surface area contributed by atoms with Crippen LogP contribution in [0.3, 0.4) is 0 Å². The third-order valence-corrected chi connectivity index (χ3v) is 2.42. The number of carboxylic acid groups (broad SMARTS) is 1. The first-order valence-corrected chi connectivity index (χ1v) is 5.77. The Morgan fingerprint density at radius 3 is 2.45 bits per heavy atom. The summed E-state index contributed by atoms with van der Waals surface area (Å²) in [6, 6.07) is 6.67. The summed E-state index contributed by atoms with van der Waals surface area (Å²) in [5, 5.41) is 28.8. The predicted octanol–water partition coefficient (Wildman–Crippen LogP) is -0.113. The van der Waals surface area contributed by atoms with Gasteiger partial charge in [-0.15, -0.1) is 0 Å². The third-order valence-electron chi connectivity index (χ3n) is 2.42. The molecule has 0 unspecified atom stereocenters. The molecule has 0 saturated heterocycles. The van der Waals surface area contributed by atoms with Gasteiger partial charge in [0.25, 0.3) is 5.91 Å². The number of hydrogen-bond donors (Lipinski definition) is 3. The number of hydrogen-bond acceptors (Lipinski definition) is 5. The monoisotopic (exact) mass is 278 g/mol. The molecular weight excluding hydrogens is 264 g/mol. The molecule has 7 heteroatoms. The van der Waals surface area contributed by atoms with Gasteiger partial charge in [0.2, 0.25) is 0 Å². The van der Waals surface area contributed by atoms with E-state index in [4.69, 9.17) is 15.1 Å². The Labute approximate surface area is 115 Å². The highest BCUT2D eigenvalue weighted by molar-refractivity contribution is 5.84. The first-order chi connectivity index (χ1) is 9.43. The first-order valence-electron chi connectivity index (χ1n) is 5.77. The van der Waals surface area contributed by atoms with Crippen molar-refractivity contribution >= 4 is 11.9 Å². The lowest BCUT2D eigenvalue weighted by molar-refractivity contribution is -0.145. The average molecular weight is 278 g/mol. The molecular formula is C13H14N2O5. The maximum absolute atomic E-state index is 11.5. The van der Waals surface area contributed by atoms with Crippen molar-refractivity contribution in [3.05, 3.63) is 29.8 Å². The van der Waals surface area contributed by atoms with Crippen LogP contribution < -0.4 is 10.1 Å². The van der Waals surface area contributed by atoms with Crippen molar-refractivity contribution in [1.29, 1.82) is 5.26 Å². The second-order valence-electron chi connectivity index (χ2n) is 4.05. The van der Waals surface area contributed by atoms with E-state index in [1.165, 1.54) is 31.2 Å². The number of carbonyl (C=O) groups is 2. The van der Waals surface area contributed by atoms with Crippen molar-refractivity contribution in [2.24, 2.45) is 0 Å². The molecule has 2 atom stereocenters. The fourth-order valence-electron chi connectivity index (χ4n) is 1.38. The van der Waals surface area contributed by atoms with E-state index >= 15 is 0 Å². The number of rotatable bonds is 6. The molecule has 0 bridgehead atoms. The number of aliphatic hydroxyl groups is 1. The standard InChI is InChI=1S/C13H14N2O5/c1-8(16)12(13(18)19)15-11(17)7-20-10-4-2-9(6-14)3-5-10/h2-5,8,12,16H,7H2,1H3,(H,15,17)(H,18,19)/t8-,12+/m1/s1. The summed E-state index contributed by atoms with van der Waals surface area (Å²) < 4.78 is 5.13. The van der Waals surface area contributed by atoms with Gasteiger partial charge < -0.3 is 20.3 Å². The number of aliphatic hydroxyl groups excluding tert-OH is 1. The van der Waals surface area contributed by atoms with Gasteiger partial charge in [0.15, 0.2) is 12.6 Å². The van der Waals surface area contributed by atoms with Crippen molar-refractivity contribution in [1.82, 2.24) is 5.32 Å². The quantitative estimate of drug-likeness (QED) is 0.667. The Kier molecular flexibility index (Phi) is 5.50. The number of nitriles is 1. The van der Waals surface area contributed by atoms with E-state index in [2.05, 4.69) is 5.32 Å². The molecule has 1 amide bonds. The van der Waals surface area contributed by atoms with Gasteiger partial charge in [0.1, 0.15) is 5.75 Å². The molecule has 0 aliphatic heterocycles. The number of carboxylic acids is 1. The summed E-state index contributed by atoms with van der Waals surface area (Å²) in [6.45, 7) is 0.878. The molecule has 0 aliphatic carbocycles. The van der Waals surface area contributed by atoms with Gasteiger partial charge in [-0.1, -0.05) is 0 Å². The summed E-state index contributed by atoms with van der Waals surface area (Å²) in [6.07, 6.45) is -1.22. The lowest BCUT2D eigenvalue weighted by atomic mass is 10.2. The Balaban J connectivity index is 2.50. The van der Waals surface area contributed by atoms with Gasteiger partial charge in [0, 0.05) is 0 Å². The lowest BCUT2D eigenvalue weighted by Gasteiger charge is -2.17. The number of ether oxygens (including phenoxy) is 1. The van der Waals surface area contributed by atoms with Gasteiger partial charge >= 0.3 is 5.97 Å². The fraction of sp³-hybridized carbons (Fsp3) is 0.308. The van der Waals surface area contributed by atoms with Crippen LogP contribution in [0.1, 0.15) is 12.5 Å². The maximum atomic E-state index is 11.5. The van der Waals surface area contributed by atoms with Crippen molar-refractivity contribution in [2.75, 3.05) is 6.61 Å². The molecule has 1 rings (SSSR count). The number of benzene rings is 1. The van der Waals surface area contributed by atoms with Gasteiger partial charge in [-0.2, -0.15) is 5.26 Å². The lowest BCUT2D eigenvalue weighted by Crippen LogP contribution is -2.49. The Morgan fingerprint density at radius 1 is 1.40 bits per heavy atom. The molecule has 0 spiro atoms. The van der Waals surface area contributed by atoms with Crippen LogP contribution >= 0.6 is 0 Å². The van der Waals surface area contributed by atoms with E-state index in [1.54, 1.807) is 0 Å². The van der Waals surface area contributed by atoms with Gasteiger partial charge in [-0.05, 0) is 31.2 Å². The predicted molar refractivity (Wildman–Crippen MR) is 67.9 cm³/mol. The number of carbonyl (C=O) groups excluding carboxylic acids is 1. The molecule has 1 aromatic rings. The SMILES string of the molecule is C[C@@H](O)[C@H](NC(=O)COc1ccc(C#N)cc1)C(=O)O. The second-order valence-corrected chi connectivity index (χ2v) is 4.05. The van der Waals surface area contributed by atoms with E-state index in [0.717, 1.165) is 0 Å². The number of aliphatic carboxylic acids is 1. The van der Waals surface area contributed by atoms with Crippen molar-refractivity contribution in [2.45, 2.75) is 19.1 Å². The zero-order chi connectivity index (χ0) is 15.1. The first kappa shape index (κ1) is 15.5. The molecule has 0 aliphatic rings. The van der Waals surface area contributed by atoms with Crippen LogP contribution in [0.4, 0.5) is 0 Å². The number of nitrogens with one attached hydrogen (secondary N) is 1. The zero-order valence-corrected chi connectivity index (χ0v) is 10.7. The Hall–Kier alpha value is -2.59. The van der Waals surface area contributed by atoms with Gasteiger partial charge in [-0.25, -0.2) is 4.79 Å². The highest BCUT2D eigenvalue weighted by Crippen LogP contribution is 2.11. The highest BCUT2D eigenvalue weighted by atomic mass is 16.5. The van der Waals surface area contributed by atoms with Gasteiger partial charge in [-0.3, -0.25) is 4.79 Å². The smallest absolute Gasteiger partial charge is 0.328 e. The number of amides is 1. The van der Waals surface area contributed by atoms with E-state index in [-0.39, 0.29) is 6.61 Å². The van der Waals surface area contributed by atoms with Crippen molar-refractivity contribution in [3.8, 4) is 11.8 Å². The minimum absolute atomic E-state index is 0.378. The van der Waals surface area contributed by atoms with Crippen molar-refractivity contribution in [3.63, 3.8) is 0 Å². The summed E-state index contributed by atoms with van der Waals surface area (Å²) in [5.41, 5.74) is 0.460. The second kappa shape index (κ2) is 7.11. The molecule has 0 heterocycles. The Morgan fingerprint density at radius 2 is 2.00 bits per heavy atom. The summed E-state index contributed by atoms with van der Waals surface area (Å²) in [5.74, 6) is -1.61. The summed E-state index contributed by atoms with van der Waals surface area (Å²) in [4.78, 5) is 22.3. The largest absolute Gasteiger partial charge is 0.484 e. The van der Waals surface area contributed by atoms with Gasteiger partial charge in [0.05, 0.1) is 17.7 Å². The molecule has 0 fully saturated rings. The minimum Gasteiger partial charge on any atom is -0.484 e. The molecule has 0 saturated carbocycles. The molecule has 1 aromatic carbocycles. The molecule has 0 aromatic heterocycles. The van der Waals surface area contributed by atoms with Crippen LogP contribution in [-0.2, 0) is 9.59 Å². The van der Waals surface area contributed by atoms with E-state index < -0.39 is 24.0 Å². The van der Waals surface area contributed by atoms with Crippen LogP contribution in [0.15, 0.2) is 24.3 Å². The Bertz CT molecular complexity index is 519. The molecule has 7 nitrogen and oxygen atoms in total. The van der Waals surface area contributed by atoms with Crippen LogP contribution in [0.2, 0.25) is 0 Å².